The molecule has 4 rings (SSSR count). The second-order valence-corrected chi connectivity index (χ2v) is 7.19. The molecule has 1 amide bonds. The van der Waals surface area contributed by atoms with Crippen LogP contribution in [0.3, 0.4) is 0 Å². The summed E-state index contributed by atoms with van der Waals surface area (Å²) in [5.74, 6) is 0.149. The topological polar surface area (TPSA) is 85.4 Å². The van der Waals surface area contributed by atoms with E-state index in [1.54, 1.807) is 18.3 Å². The number of rotatable bonds is 4. The molecule has 9 heteroatoms. The number of allylic oxidation sites excluding steroid dienone is 2. The average Bonchev–Trinajstić information content (AvgIpc) is 3.11. The summed E-state index contributed by atoms with van der Waals surface area (Å²) in [6.07, 6.45) is 5.07. The van der Waals surface area contributed by atoms with Gasteiger partial charge in [0.15, 0.2) is 5.13 Å². The molecule has 2 aromatic heterocycles. The smallest absolute Gasteiger partial charge is 0.257 e. The fourth-order valence-electron chi connectivity index (χ4n) is 2.58. The molecule has 0 aliphatic carbocycles. The van der Waals surface area contributed by atoms with Gasteiger partial charge in [-0.25, -0.2) is 15.4 Å². The van der Waals surface area contributed by atoms with E-state index in [2.05, 4.69) is 36.7 Å². The molecule has 0 fully saturated rings. The number of ether oxygens (including phenoxy) is 1. The second-order valence-electron chi connectivity index (χ2n) is 5.44. The molecule has 1 aliphatic heterocycles. The van der Waals surface area contributed by atoms with Crippen molar-refractivity contribution in [2.24, 2.45) is 0 Å². The lowest BCUT2D eigenvalue weighted by Gasteiger charge is -2.12. The summed E-state index contributed by atoms with van der Waals surface area (Å²) in [6.45, 7) is 0. The number of methoxy groups -OCH3 is 1. The van der Waals surface area contributed by atoms with Gasteiger partial charge in [0.1, 0.15) is 16.4 Å². The number of anilines is 1. The van der Waals surface area contributed by atoms with Crippen LogP contribution in [-0.4, -0.2) is 23.0 Å². The van der Waals surface area contributed by atoms with Crippen LogP contribution in [0.4, 0.5) is 5.13 Å². The van der Waals surface area contributed by atoms with E-state index in [4.69, 9.17) is 9.57 Å². The summed E-state index contributed by atoms with van der Waals surface area (Å²) >= 11 is 4.85. The van der Waals surface area contributed by atoms with E-state index in [1.807, 2.05) is 24.3 Å². The molecule has 0 saturated carbocycles. The number of pyridine rings is 1. The zero-order valence-electron chi connectivity index (χ0n) is 14.0. The van der Waals surface area contributed by atoms with E-state index in [1.165, 1.54) is 24.7 Å². The van der Waals surface area contributed by atoms with Crippen molar-refractivity contribution in [3.63, 3.8) is 0 Å². The number of nitrogens with zero attached hydrogens (tertiary/aromatic N) is 2. The first-order chi connectivity index (χ1) is 13.2. The fourth-order valence-corrected chi connectivity index (χ4v) is 4.32. The van der Waals surface area contributed by atoms with E-state index >= 15 is 0 Å². The Hall–Kier alpha value is -2.91. The standard InChI is InChI=1S/C18H13BrN4O3S/c1-25-17-13-14(12(15(19)22-17)11-7-8-26-20-9-11)27-18(21-13)23-16(24)10-5-3-2-4-6-10/h2-9,20H,1H3,(H,21,23,24). The summed E-state index contributed by atoms with van der Waals surface area (Å²) in [7, 11) is 1.53. The number of aromatic nitrogens is 2. The number of carbonyl (C=O) groups is 1. The minimum absolute atomic E-state index is 0.228. The van der Waals surface area contributed by atoms with Gasteiger partial charge in [0.25, 0.3) is 5.91 Å². The lowest BCUT2D eigenvalue weighted by Crippen LogP contribution is -2.11. The highest BCUT2D eigenvalue weighted by Crippen LogP contribution is 2.40. The first kappa shape index (κ1) is 17.5. The fraction of sp³-hybridized carbons (Fsp3) is 0.0556. The molecule has 0 saturated heterocycles. The predicted molar refractivity (Wildman–Crippen MR) is 107 cm³/mol. The van der Waals surface area contributed by atoms with Crippen molar-refractivity contribution in [3.8, 4) is 5.88 Å². The van der Waals surface area contributed by atoms with E-state index < -0.39 is 0 Å². The number of hydroxylamine groups is 1. The molecular weight excluding hydrogens is 432 g/mol. The number of amides is 1. The molecule has 0 bridgehead atoms. The zero-order valence-corrected chi connectivity index (χ0v) is 16.4. The Morgan fingerprint density at radius 3 is 2.81 bits per heavy atom. The van der Waals surface area contributed by atoms with Crippen LogP contribution < -0.4 is 15.5 Å². The monoisotopic (exact) mass is 444 g/mol. The van der Waals surface area contributed by atoms with Gasteiger partial charge >= 0.3 is 0 Å². The Labute approximate surface area is 166 Å². The molecule has 3 aromatic rings. The van der Waals surface area contributed by atoms with Crippen LogP contribution in [0.5, 0.6) is 5.88 Å². The number of benzene rings is 1. The lowest BCUT2D eigenvalue weighted by atomic mass is 10.1. The highest BCUT2D eigenvalue weighted by Gasteiger charge is 2.21. The van der Waals surface area contributed by atoms with Gasteiger partial charge in [0, 0.05) is 22.9 Å². The molecule has 3 heterocycles. The van der Waals surface area contributed by atoms with Crippen LogP contribution in [0.15, 0.2) is 53.5 Å². The third-order valence-electron chi connectivity index (χ3n) is 3.80. The number of thiazole rings is 1. The van der Waals surface area contributed by atoms with Crippen LogP contribution in [-0.2, 0) is 4.84 Å². The first-order valence-corrected chi connectivity index (χ1v) is 9.47. The summed E-state index contributed by atoms with van der Waals surface area (Å²) in [6, 6.07) is 8.98. The van der Waals surface area contributed by atoms with Gasteiger partial charge in [-0.05, 0) is 34.1 Å². The van der Waals surface area contributed by atoms with E-state index in [0.717, 1.165) is 15.8 Å². The summed E-state index contributed by atoms with van der Waals surface area (Å²) in [5, 5.41) is 3.30. The number of carbonyl (C=O) groups excluding carboxylic acids is 1. The van der Waals surface area contributed by atoms with Gasteiger partial charge in [-0.3, -0.25) is 10.1 Å². The van der Waals surface area contributed by atoms with Gasteiger partial charge in [-0.2, -0.15) is 0 Å². The normalized spacial score (nSPS) is 12.9. The van der Waals surface area contributed by atoms with Gasteiger partial charge in [-0.1, -0.05) is 29.5 Å². The Morgan fingerprint density at radius 2 is 2.11 bits per heavy atom. The molecule has 7 nitrogen and oxygen atoms in total. The third kappa shape index (κ3) is 3.38. The number of nitrogens with one attached hydrogen (secondary N) is 2. The molecular formula is C18H13BrN4O3S. The van der Waals surface area contributed by atoms with Gasteiger partial charge in [-0.15, -0.1) is 0 Å². The second kappa shape index (κ2) is 7.37. The number of fused-ring (bicyclic) bond motifs is 1. The minimum atomic E-state index is -0.228. The molecule has 0 spiro atoms. The van der Waals surface area contributed by atoms with Crippen LogP contribution >= 0.6 is 27.3 Å². The highest BCUT2D eigenvalue weighted by molar-refractivity contribution is 9.10. The molecule has 1 aliphatic rings. The van der Waals surface area contributed by atoms with Gasteiger partial charge < -0.3 is 9.57 Å². The SMILES string of the molecule is COc1nc(Br)c(C2=CNOC=C2)c2sc(NC(=O)c3ccccc3)nc12. The number of halogens is 1. The van der Waals surface area contributed by atoms with Crippen molar-refractivity contribution in [1.82, 2.24) is 15.4 Å². The number of hydrogen-bond acceptors (Lipinski definition) is 7. The molecule has 1 aromatic carbocycles. The molecule has 136 valence electrons. The first-order valence-electron chi connectivity index (χ1n) is 7.86. The van der Waals surface area contributed by atoms with E-state index in [-0.39, 0.29) is 5.91 Å². The van der Waals surface area contributed by atoms with Crippen LogP contribution in [0.25, 0.3) is 15.8 Å². The quantitative estimate of drug-likeness (QED) is 0.589. The highest BCUT2D eigenvalue weighted by atomic mass is 79.9. The van der Waals surface area contributed by atoms with Crippen molar-refractivity contribution >= 4 is 54.1 Å². The summed E-state index contributed by atoms with van der Waals surface area (Å²) in [4.78, 5) is 26.4. The van der Waals surface area contributed by atoms with E-state index in [0.29, 0.717) is 26.7 Å². The summed E-state index contributed by atoms with van der Waals surface area (Å²) in [5.41, 5.74) is 5.52. The maximum atomic E-state index is 12.4. The Bertz CT molecular complexity index is 1080. The molecule has 0 radical (unpaired) electrons. The summed E-state index contributed by atoms with van der Waals surface area (Å²) < 4.78 is 6.80. The zero-order chi connectivity index (χ0) is 18.8. The molecule has 27 heavy (non-hydrogen) atoms. The largest absolute Gasteiger partial charge is 0.479 e. The van der Waals surface area contributed by atoms with Crippen molar-refractivity contribution in [2.75, 3.05) is 12.4 Å². The van der Waals surface area contributed by atoms with Crippen LogP contribution in [0.1, 0.15) is 15.9 Å². The molecule has 2 N–H and O–H groups in total. The van der Waals surface area contributed by atoms with Gasteiger partial charge in [0.2, 0.25) is 5.88 Å². The Kier molecular flexibility index (Phi) is 4.78. The Morgan fingerprint density at radius 1 is 1.30 bits per heavy atom. The predicted octanol–water partition coefficient (Wildman–Crippen LogP) is 4.10. The lowest BCUT2D eigenvalue weighted by molar-refractivity contribution is 0.102. The number of hydrogen-bond donors (Lipinski definition) is 2. The van der Waals surface area contributed by atoms with E-state index in [9.17, 15) is 4.79 Å². The Balaban J connectivity index is 1.79. The molecule has 0 unspecified atom stereocenters. The van der Waals surface area contributed by atoms with Crippen molar-refractivity contribution < 1.29 is 14.4 Å². The maximum Gasteiger partial charge on any atom is 0.257 e. The maximum absolute atomic E-state index is 12.4. The van der Waals surface area contributed by atoms with Gasteiger partial charge in [0.05, 0.1) is 11.8 Å². The van der Waals surface area contributed by atoms with Crippen LogP contribution in [0, 0.1) is 0 Å². The average molecular weight is 445 g/mol. The van der Waals surface area contributed by atoms with Crippen molar-refractivity contribution in [2.45, 2.75) is 0 Å². The van der Waals surface area contributed by atoms with Crippen molar-refractivity contribution in [3.05, 3.63) is 64.6 Å². The molecule has 0 atom stereocenters. The minimum Gasteiger partial charge on any atom is -0.479 e. The van der Waals surface area contributed by atoms with Crippen molar-refractivity contribution in [1.29, 1.82) is 0 Å². The van der Waals surface area contributed by atoms with Crippen LogP contribution in [0.2, 0.25) is 0 Å². The third-order valence-corrected chi connectivity index (χ3v) is 5.36.